The quantitative estimate of drug-likeness (QED) is 0.494. The van der Waals surface area contributed by atoms with Gasteiger partial charge in [0.2, 0.25) is 5.91 Å². The summed E-state index contributed by atoms with van der Waals surface area (Å²) >= 11 is 0. The van der Waals surface area contributed by atoms with Crippen LogP contribution < -0.4 is 5.32 Å². The maximum Gasteiger partial charge on any atom is 0.391 e. The second-order valence-electron chi connectivity index (χ2n) is 4.24. The number of hydrogen-bond donors (Lipinski definition) is 1. The highest BCUT2D eigenvalue weighted by atomic mass is 16.7. The Morgan fingerprint density at radius 3 is 2.35 bits per heavy atom. The Balaban J connectivity index is 2.62. The maximum atomic E-state index is 12.3. The number of rotatable bonds is 3. The van der Waals surface area contributed by atoms with Crippen LogP contribution in [0, 0.1) is 10.1 Å². The van der Waals surface area contributed by atoms with Gasteiger partial charge in [-0.3, -0.25) is 14.9 Å². The standard InChI is InChI=1S/C12H11N3O5/c1-2-12(8-6-4-3-5-7-8)9(16)13-11(18)14(10(12)17)15(19)20/h3-7H,2H2,1H3,(H,13,16,18)/t12-/m0/s1. The molecule has 0 bridgehead atoms. The summed E-state index contributed by atoms with van der Waals surface area (Å²) in [7, 11) is 0. The summed E-state index contributed by atoms with van der Waals surface area (Å²) < 4.78 is 0. The summed E-state index contributed by atoms with van der Waals surface area (Å²) in [6.07, 6.45) is -0.000694. The Morgan fingerprint density at radius 1 is 1.25 bits per heavy atom. The number of barbiturate groups is 1. The Labute approximate surface area is 113 Å². The van der Waals surface area contributed by atoms with E-state index in [0.717, 1.165) is 0 Å². The highest BCUT2D eigenvalue weighted by Gasteiger charge is 2.58. The van der Waals surface area contributed by atoms with Crippen molar-refractivity contribution in [2.75, 3.05) is 0 Å². The zero-order valence-electron chi connectivity index (χ0n) is 10.5. The zero-order valence-corrected chi connectivity index (χ0v) is 10.5. The van der Waals surface area contributed by atoms with Crippen LogP contribution in [-0.2, 0) is 15.0 Å². The van der Waals surface area contributed by atoms with Crippen molar-refractivity contribution >= 4 is 17.8 Å². The van der Waals surface area contributed by atoms with Crippen LogP contribution in [0.15, 0.2) is 30.3 Å². The highest BCUT2D eigenvalue weighted by Crippen LogP contribution is 2.33. The minimum Gasteiger partial charge on any atom is -0.273 e. The molecule has 8 heteroatoms. The average molecular weight is 277 g/mol. The minimum atomic E-state index is -1.76. The first-order valence-electron chi connectivity index (χ1n) is 5.85. The first-order valence-corrected chi connectivity index (χ1v) is 5.85. The van der Waals surface area contributed by atoms with Gasteiger partial charge in [-0.15, -0.1) is 0 Å². The van der Waals surface area contributed by atoms with E-state index in [2.05, 4.69) is 0 Å². The fourth-order valence-electron chi connectivity index (χ4n) is 2.27. The van der Waals surface area contributed by atoms with Gasteiger partial charge in [0, 0.05) is 5.01 Å². The van der Waals surface area contributed by atoms with Gasteiger partial charge in [-0.1, -0.05) is 37.3 Å². The SMILES string of the molecule is CC[C@]1(c2ccccc2)C(=O)NC(=O)N([N+](=O)[O-])C1=O. The third-order valence-electron chi connectivity index (χ3n) is 3.32. The number of carbonyl (C=O) groups is 3. The molecule has 1 fully saturated rings. The topological polar surface area (TPSA) is 110 Å². The smallest absolute Gasteiger partial charge is 0.273 e. The van der Waals surface area contributed by atoms with Crippen molar-refractivity contribution in [3.05, 3.63) is 46.0 Å². The second-order valence-corrected chi connectivity index (χ2v) is 4.24. The molecular formula is C12H11N3O5. The first-order chi connectivity index (χ1) is 9.45. The molecule has 1 aromatic rings. The molecule has 1 aliphatic heterocycles. The van der Waals surface area contributed by atoms with Crippen LogP contribution in [0.3, 0.4) is 0 Å². The predicted molar refractivity (Wildman–Crippen MR) is 65.8 cm³/mol. The molecular weight excluding hydrogens is 266 g/mol. The van der Waals surface area contributed by atoms with Gasteiger partial charge in [0.15, 0.2) is 10.4 Å². The Bertz CT molecular complexity index is 600. The molecule has 1 N–H and O–H groups in total. The van der Waals surface area contributed by atoms with Gasteiger partial charge in [-0.05, 0) is 12.0 Å². The summed E-state index contributed by atoms with van der Waals surface area (Å²) in [6, 6.07) is 6.61. The largest absolute Gasteiger partial charge is 0.391 e. The van der Waals surface area contributed by atoms with Crippen LogP contribution in [0.25, 0.3) is 0 Å². The van der Waals surface area contributed by atoms with Crippen molar-refractivity contribution in [2.24, 2.45) is 0 Å². The molecule has 0 saturated carbocycles. The van der Waals surface area contributed by atoms with Gasteiger partial charge in [-0.25, -0.2) is 14.9 Å². The molecule has 104 valence electrons. The Morgan fingerprint density at radius 2 is 1.85 bits per heavy atom. The lowest BCUT2D eigenvalue weighted by Gasteiger charge is -2.34. The number of nitro groups is 1. The average Bonchev–Trinajstić information content (AvgIpc) is 2.40. The number of imide groups is 2. The van der Waals surface area contributed by atoms with Crippen molar-refractivity contribution in [2.45, 2.75) is 18.8 Å². The third-order valence-corrected chi connectivity index (χ3v) is 3.32. The highest BCUT2D eigenvalue weighted by molar-refractivity contribution is 6.22. The van der Waals surface area contributed by atoms with Crippen molar-refractivity contribution < 1.29 is 19.4 Å². The number of nitrogens with one attached hydrogen (secondary N) is 1. The van der Waals surface area contributed by atoms with Gasteiger partial charge in [0.05, 0.1) is 0 Å². The number of urea groups is 1. The number of carbonyl (C=O) groups excluding carboxylic acids is 3. The number of hydrogen-bond acceptors (Lipinski definition) is 5. The summed E-state index contributed by atoms with van der Waals surface area (Å²) in [5.41, 5.74) is -1.45. The van der Waals surface area contributed by atoms with E-state index in [1.165, 1.54) is 12.1 Å². The molecule has 1 saturated heterocycles. The Hall–Kier alpha value is -2.77. The number of hydrazine groups is 1. The lowest BCUT2D eigenvalue weighted by molar-refractivity contribution is -0.613. The summed E-state index contributed by atoms with van der Waals surface area (Å²) in [5, 5.41) is 11.4. The zero-order chi connectivity index (χ0) is 14.9. The molecule has 4 amide bonds. The molecule has 0 unspecified atom stereocenters. The third kappa shape index (κ3) is 1.73. The predicted octanol–water partition coefficient (Wildman–Crippen LogP) is 0.605. The van der Waals surface area contributed by atoms with E-state index < -0.39 is 28.3 Å². The maximum absolute atomic E-state index is 12.3. The van der Waals surface area contributed by atoms with Gasteiger partial charge < -0.3 is 0 Å². The molecule has 0 radical (unpaired) electrons. The fourth-order valence-corrected chi connectivity index (χ4v) is 2.27. The second kappa shape index (κ2) is 4.72. The fraction of sp³-hybridized carbons (Fsp3) is 0.250. The van der Waals surface area contributed by atoms with E-state index in [1.807, 2.05) is 5.32 Å². The summed E-state index contributed by atoms with van der Waals surface area (Å²) in [5.74, 6) is -2.00. The molecule has 1 aromatic carbocycles. The molecule has 8 nitrogen and oxygen atoms in total. The van der Waals surface area contributed by atoms with Gasteiger partial charge in [0.1, 0.15) is 0 Å². The van der Waals surface area contributed by atoms with Gasteiger partial charge in [0.25, 0.3) is 0 Å². The molecule has 1 aliphatic rings. The lowest BCUT2D eigenvalue weighted by Crippen LogP contribution is -2.67. The van der Waals surface area contributed by atoms with Crippen molar-refractivity contribution in [3.8, 4) is 0 Å². The van der Waals surface area contributed by atoms with Crippen molar-refractivity contribution in [1.29, 1.82) is 0 Å². The number of benzene rings is 1. The number of nitrogens with zero attached hydrogens (tertiary/aromatic N) is 2. The van der Waals surface area contributed by atoms with Gasteiger partial charge >= 0.3 is 11.9 Å². The summed E-state index contributed by atoms with van der Waals surface area (Å²) in [4.78, 5) is 46.8. The van der Waals surface area contributed by atoms with E-state index in [1.54, 1.807) is 25.1 Å². The molecule has 1 atom stereocenters. The Kier molecular flexibility index (Phi) is 3.23. The van der Waals surface area contributed by atoms with Crippen molar-refractivity contribution in [3.63, 3.8) is 0 Å². The van der Waals surface area contributed by atoms with E-state index in [9.17, 15) is 24.5 Å². The van der Waals surface area contributed by atoms with Crippen LogP contribution in [0.2, 0.25) is 0 Å². The summed E-state index contributed by atoms with van der Waals surface area (Å²) in [6.45, 7) is 1.55. The van der Waals surface area contributed by atoms with Crippen LogP contribution in [-0.4, -0.2) is 27.9 Å². The van der Waals surface area contributed by atoms with Gasteiger partial charge in [-0.2, -0.15) is 0 Å². The van der Waals surface area contributed by atoms with Crippen molar-refractivity contribution in [1.82, 2.24) is 10.3 Å². The van der Waals surface area contributed by atoms with Crippen LogP contribution in [0.4, 0.5) is 4.79 Å². The van der Waals surface area contributed by atoms with Crippen LogP contribution >= 0.6 is 0 Å². The number of amides is 4. The van der Waals surface area contributed by atoms with Crippen LogP contribution in [0.5, 0.6) is 0 Å². The molecule has 2 rings (SSSR count). The van der Waals surface area contributed by atoms with E-state index in [4.69, 9.17) is 0 Å². The monoisotopic (exact) mass is 277 g/mol. The normalized spacial score (nSPS) is 22.6. The molecule has 1 heterocycles. The van der Waals surface area contributed by atoms with E-state index >= 15 is 0 Å². The first kappa shape index (κ1) is 13.7. The van der Waals surface area contributed by atoms with E-state index in [0.29, 0.717) is 5.56 Å². The molecule has 0 aromatic heterocycles. The lowest BCUT2D eigenvalue weighted by atomic mass is 9.75. The van der Waals surface area contributed by atoms with E-state index in [-0.39, 0.29) is 11.4 Å². The minimum absolute atomic E-state index is 0.000694. The van der Waals surface area contributed by atoms with Crippen LogP contribution in [0.1, 0.15) is 18.9 Å². The molecule has 0 aliphatic carbocycles. The molecule has 20 heavy (non-hydrogen) atoms. The molecule has 0 spiro atoms.